The Bertz CT molecular complexity index is 873. The molecule has 4 rings (SSSR count). The van der Waals surface area contributed by atoms with E-state index in [4.69, 9.17) is 0 Å². The summed E-state index contributed by atoms with van der Waals surface area (Å²) in [4.78, 5) is 28.1. The molecular formula is C19H20FN3O2. The van der Waals surface area contributed by atoms with Crippen molar-refractivity contribution in [3.05, 3.63) is 63.6 Å². The zero-order valence-electron chi connectivity index (χ0n) is 13.9. The number of nitrogens with zero attached hydrogens (tertiary/aromatic N) is 2. The van der Waals surface area contributed by atoms with Crippen LogP contribution in [0.15, 0.2) is 35.4 Å². The van der Waals surface area contributed by atoms with Crippen LogP contribution in [0.2, 0.25) is 0 Å². The molecule has 0 spiro atoms. The average Bonchev–Trinajstić information content (AvgIpc) is 3.42. The lowest BCUT2D eigenvalue weighted by atomic mass is 9.91. The lowest BCUT2D eigenvalue weighted by Gasteiger charge is -2.27. The molecule has 6 heteroatoms. The third-order valence-corrected chi connectivity index (χ3v) is 5.08. The maximum Gasteiger partial charge on any atom is 0.254 e. The standard InChI is InChI=1S/C19H20FN3O2/c20-16-10-21-8-7-15(16)19(25)22-14-4-5-17-13(9-14)3-6-18(24)23(17)11-12-1-2-12/h3,6-8,10,12,14H,1-2,4-5,9,11H2,(H,22,25). The minimum absolute atomic E-state index is 0.0134. The van der Waals surface area contributed by atoms with Gasteiger partial charge in [0.1, 0.15) is 0 Å². The zero-order valence-corrected chi connectivity index (χ0v) is 13.9. The predicted octanol–water partition coefficient (Wildman–Crippen LogP) is 2.08. The average molecular weight is 341 g/mol. The summed E-state index contributed by atoms with van der Waals surface area (Å²) < 4.78 is 15.6. The Balaban J connectivity index is 1.50. The van der Waals surface area contributed by atoms with Crippen LogP contribution in [0, 0.1) is 11.7 Å². The van der Waals surface area contributed by atoms with E-state index in [1.54, 1.807) is 6.07 Å². The van der Waals surface area contributed by atoms with Crippen molar-refractivity contribution in [1.82, 2.24) is 14.9 Å². The van der Waals surface area contributed by atoms with Gasteiger partial charge in [-0.2, -0.15) is 0 Å². The van der Waals surface area contributed by atoms with Crippen LogP contribution in [-0.2, 0) is 19.4 Å². The number of hydrogen-bond acceptors (Lipinski definition) is 3. The van der Waals surface area contributed by atoms with Gasteiger partial charge in [-0.25, -0.2) is 4.39 Å². The van der Waals surface area contributed by atoms with Gasteiger partial charge in [0.05, 0.1) is 11.8 Å². The summed E-state index contributed by atoms with van der Waals surface area (Å²) in [6.07, 6.45) is 7.02. The van der Waals surface area contributed by atoms with Crippen LogP contribution in [-0.4, -0.2) is 21.5 Å². The number of carbonyl (C=O) groups excluding carboxylic acids is 1. The van der Waals surface area contributed by atoms with Gasteiger partial charge in [-0.05, 0) is 49.7 Å². The van der Waals surface area contributed by atoms with Crippen molar-refractivity contribution in [2.24, 2.45) is 5.92 Å². The van der Waals surface area contributed by atoms with E-state index in [-0.39, 0.29) is 17.2 Å². The second-order valence-corrected chi connectivity index (χ2v) is 6.97. The fourth-order valence-corrected chi connectivity index (χ4v) is 3.53. The number of nitrogens with one attached hydrogen (secondary N) is 1. The smallest absolute Gasteiger partial charge is 0.254 e. The van der Waals surface area contributed by atoms with E-state index in [0.29, 0.717) is 12.3 Å². The molecule has 5 nitrogen and oxygen atoms in total. The van der Waals surface area contributed by atoms with E-state index in [1.165, 1.54) is 25.1 Å². The van der Waals surface area contributed by atoms with Gasteiger partial charge in [-0.15, -0.1) is 0 Å². The summed E-state index contributed by atoms with van der Waals surface area (Å²) in [7, 11) is 0. The van der Waals surface area contributed by atoms with Crippen LogP contribution in [0.5, 0.6) is 0 Å². The highest BCUT2D eigenvalue weighted by Crippen LogP contribution is 2.31. The number of aromatic nitrogens is 2. The highest BCUT2D eigenvalue weighted by Gasteiger charge is 2.27. The first kappa shape index (κ1) is 16.0. The fourth-order valence-electron chi connectivity index (χ4n) is 3.53. The number of halogens is 1. The van der Waals surface area contributed by atoms with Gasteiger partial charge < -0.3 is 9.88 Å². The van der Waals surface area contributed by atoms with Gasteiger partial charge in [0, 0.05) is 30.5 Å². The number of rotatable bonds is 4. The molecule has 130 valence electrons. The highest BCUT2D eigenvalue weighted by molar-refractivity contribution is 5.94. The summed E-state index contributed by atoms with van der Waals surface area (Å²) in [5.41, 5.74) is 2.28. The fraction of sp³-hybridized carbons (Fsp3) is 0.421. The lowest BCUT2D eigenvalue weighted by Crippen LogP contribution is -2.41. The molecule has 2 aliphatic rings. The maximum absolute atomic E-state index is 13.7. The van der Waals surface area contributed by atoms with Crippen LogP contribution in [0.25, 0.3) is 0 Å². The van der Waals surface area contributed by atoms with Crippen molar-refractivity contribution in [1.29, 1.82) is 0 Å². The second kappa shape index (κ2) is 6.43. The van der Waals surface area contributed by atoms with E-state index >= 15 is 0 Å². The van der Waals surface area contributed by atoms with Crippen LogP contribution in [0.1, 0.15) is 40.9 Å². The molecule has 0 bridgehead atoms. The van der Waals surface area contributed by atoms with E-state index in [0.717, 1.165) is 36.8 Å². The molecule has 1 amide bonds. The Kier molecular flexibility index (Phi) is 4.11. The van der Waals surface area contributed by atoms with E-state index in [2.05, 4.69) is 10.3 Å². The Hall–Kier alpha value is -2.50. The molecule has 1 fully saturated rings. The Morgan fingerprint density at radius 1 is 1.28 bits per heavy atom. The van der Waals surface area contributed by atoms with Gasteiger partial charge in [-0.3, -0.25) is 14.6 Å². The van der Waals surface area contributed by atoms with Crippen LogP contribution in [0.4, 0.5) is 4.39 Å². The molecule has 0 radical (unpaired) electrons. The lowest BCUT2D eigenvalue weighted by molar-refractivity contribution is 0.0929. The molecule has 1 N–H and O–H groups in total. The third-order valence-electron chi connectivity index (χ3n) is 5.08. The van der Waals surface area contributed by atoms with Gasteiger partial charge in [0.15, 0.2) is 5.82 Å². The monoisotopic (exact) mass is 341 g/mol. The number of carbonyl (C=O) groups is 1. The van der Waals surface area contributed by atoms with Crippen LogP contribution < -0.4 is 10.9 Å². The van der Waals surface area contributed by atoms with E-state index < -0.39 is 11.7 Å². The first-order valence-corrected chi connectivity index (χ1v) is 8.74. The molecule has 2 aromatic heterocycles. The van der Waals surface area contributed by atoms with Crippen LogP contribution >= 0.6 is 0 Å². The molecule has 0 aromatic carbocycles. The first-order chi connectivity index (χ1) is 12.1. The van der Waals surface area contributed by atoms with Crippen LogP contribution in [0.3, 0.4) is 0 Å². The predicted molar refractivity (Wildman–Crippen MR) is 90.9 cm³/mol. The van der Waals surface area contributed by atoms with Crippen molar-refractivity contribution in [2.45, 2.75) is 44.7 Å². The quantitative estimate of drug-likeness (QED) is 0.926. The van der Waals surface area contributed by atoms with Gasteiger partial charge >= 0.3 is 0 Å². The number of fused-ring (bicyclic) bond motifs is 1. The Morgan fingerprint density at radius 3 is 2.88 bits per heavy atom. The molecule has 2 aliphatic carbocycles. The largest absolute Gasteiger partial charge is 0.349 e. The summed E-state index contributed by atoms with van der Waals surface area (Å²) in [6.45, 7) is 0.807. The van der Waals surface area contributed by atoms with Crippen molar-refractivity contribution < 1.29 is 9.18 Å². The molecule has 2 heterocycles. The minimum atomic E-state index is -0.616. The maximum atomic E-state index is 13.7. The molecule has 25 heavy (non-hydrogen) atoms. The molecule has 1 saturated carbocycles. The molecule has 1 unspecified atom stereocenters. The first-order valence-electron chi connectivity index (χ1n) is 8.74. The molecular weight excluding hydrogens is 321 g/mol. The topological polar surface area (TPSA) is 64.0 Å². The second-order valence-electron chi connectivity index (χ2n) is 6.97. The normalized spacial score (nSPS) is 19.3. The minimum Gasteiger partial charge on any atom is -0.349 e. The molecule has 0 saturated heterocycles. The highest BCUT2D eigenvalue weighted by atomic mass is 19.1. The van der Waals surface area contributed by atoms with Gasteiger partial charge in [-0.1, -0.05) is 6.07 Å². The molecule has 1 atom stereocenters. The summed E-state index contributed by atoms with van der Waals surface area (Å²) in [5.74, 6) is -0.398. The number of hydrogen-bond donors (Lipinski definition) is 1. The molecule has 0 aliphatic heterocycles. The Labute approximate surface area is 144 Å². The van der Waals surface area contributed by atoms with Crippen molar-refractivity contribution in [3.8, 4) is 0 Å². The van der Waals surface area contributed by atoms with Gasteiger partial charge in [0.2, 0.25) is 0 Å². The summed E-state index contributed by atoms with van der Waals surface area (Å²) >= 11 is 0. The van der Waals surface area contributed by atoms with Crippen molar-refractivity contribution >= 4 is 5.91 Å². The number of amides is 1. The van der Waals surface area contributed by atoms with Gasteiger partial charge in [0.25, 0.3) is 11.5 Å². The SMILES string of the molecule is O=C(NC1CCc2c(ccc(=O)n2CC2CC2)C1)c1ccncc1F. The van der Waals surface area contributed by atoms with E-state index in [9.17, 15) is 14.0 Å². The Morgan fingerprint density at radius 2 is 2.12 bits per heavy atom. The molecule has 2 aromatic rings. The summed E-state index contributed by atoms with van der Waals surface area (Å²) in [6, 6.07) is 4.81. The van der Waals surface area contributed by atoms with E-state index in [1.807, 2.05) is 10.6 Å². The van der Waals surface area contributed by atoms with Crippen molar-refractivity contribution in [2.75, 3.05) is 0 Å². The zero-order chi connectivity index (χ0) is 17.4. The van der Waals surface area contributed by atoms with Crippen molar-refractivity contribution in [3.63, 3.8) is 0 Å². The third kappa shape index (κ3) is 3.34. The number of pyridine rings is 2. The summed E-state index contributed by atoms with van der Waals surface area (Å²) in [5, 5.41) is 2.91.